The highest BCUT2D eigenvalue weighted by Crippen LogP contribution is 2.36. The number of piperidine rings is 1. The molecule has 1 fully saturated rings. The van der Waals surface area contributed by atoms with E-state index in [-0.39, 0.29) is 25.9 Å². The van der Waals surface area contributed by atoms with Crippen molar-refractivity contribution in [3.8, 4) is 5.69 Å². The molecule has 0 atom stereocenters. The minimum Gasteiger partial charge on any atom is -0.393 e. The van der Waals surface area contributed by atoms with Gasteiger partial charge in [0.25, 0.3) is 5.91 Å². The summed E-state index contributed by atoms with van der Waals surface area (Å²) in [6.45, 7) is 0.151. The molecule has 0 bridgehead atoms. The van der Waals surface area contributed by atoms with Crippen LogP contribution in [0, 0.1) is 0 Å². The van der Waals surface area contributed by atoms with Crippen LogP contribution in [0.5, 0.6) is 0 Å². The zero-order valence-corrected chi connectivity index (χ0v) is 14.3. The van der Waals surface area contributed by atoms with Gasteiger partial charge in [0, 0.05) is 13.1 Å². The van der Waals surface area contributed by atoms with Crippen LogP contribution in [0.4, 0.5) is 26.3 Å². The Labute approximate surface area is 155 Å². The van der Waals surface area contributed by atoms with E-state index in [0.29, 0.717) is 16.9 Å². The molecule has 1 aliphatic rings. The fourth-order valence-corrected chi connectivity index (χ4v) is 3.03. The van der Waals surface area contributed by atoms with Crippen LogP contribution in [-0.4, -0.2) is 44.9 Å². The molecule has 0 spiro atoms. The molecular weight excluding hydrogens is 392 g/mol. The Morgan fingerprint density at radius 3 is 2.29 bits per heavy atom. The number of nitrogens with zero attached hydrogens (tertiary/aromatic N) is 3. The van der Waals surface area contributed by atoms with Gasteiger partial charge >= 0.3 is 12.4 Å². The van der Waals surface area contributed by atoms with Gasteiger partial charge in [0.15, 0.2) is 5.69 Å². The Balaban J connectivity index is 2.04. The van der Waals surface area contributed by atoms with E-state index in [1.54, 1.807) is 0 Å². The molecule has 1 aromatic carbocycles. The van der Waals surface area contributed by atoms with Crippen molar-refractivity contribution in [1.29, 1.82) is 0 Å². The molecule has 5 nitrogen and oxygen atoms in total. The van der Waals surface area contributed by atoms with Gasteiger partial charge in [-0.15, -0.1) is 0 Å². The molecule has 1 amide bonds. The third-order valence-corrected chi connectivity index (χ3v) is 4.44. The minimum absolute atomic E-state index is 0.0754. The molecule has 1 aliphatic heterocycles. The first kappa shape index (κ1) is 20.2. The lowest BCUT2D eigenvalue weighted by Crippen LogP contribution is -2.40. The lowest BCUT2D eigenvalue weighted by Gasteiger charge is -2.29. The normalized spacial score (nSPS) is 16.5. The number of alkyl halides is 6. The molecule has 0 saturated carbocycles. The smallest absolute Gasteiger partial charge is 0.393 e. The third kappa shape index (κ3) is 3.98. The van der Waals surface area contributed by atoms with Gasteiger partial charge in [-0.05, 0) is 31.0 Å². The third-order valence-electron chi connectivity index (χ3n) is 4.44. The van der Waals surface area contributed by atoms with Gasteiger partial charge in [-0.3, -0.25) is 4.79 Å². The summed E-state index contributed by atoms with van der Waals surface area (Å²) in [4.78, 5) is 13.7. The number of benzene rings is 1. The monoisotopic (exact) mass is 407 g/mol. The molecular formula is C17H15F6N3O2. The Morgan fingerprint density at radius 1 is 1.07 bits per heavy atom. The summed E-state index contributed by atoms with van der Waals surface area (Å²) < 4.78 is 79.9. The number of aliphatic hydroxyl groups is 1. The molecule has 1 saturated heterocycles. The highest BCUT2D eigenvalue weighted by Gasteiger charge is 2.42. The number of rotatable bonds is 2. The van der Waals surface area contributed by atoms with E-state index < -0.39 is 46.9 Å². The van der Waals surface area contributed by atoms with Crippen molar-refractivity contribution < 1.29 is 36.2 Å². The lowest BCUT2D eigenvalue weighted by atomic mass is 10.1. The summed E-state index contributed by atoms with van der Waals surface area (Å²) in [6.07, 6.45) is -9.22. The van der Waals surface area contributed by atoms with Gasteiger partial charge < -0.3 is 10.0 Å². The number of carbonyl (C=O) groups excluding carboxylic acids is 1. The summed E-state index contributed by atoms with van der Waals surface area (Å²) in [6, 6.07) is 3.27. The van der Waals surface area contributed by atoms with E-state index in [1.807, 2.05) is 0 Å². The SMILES string of the molecule is O=C(c1cnn(-c2cccc(C(F)(F)F)c2)c1C(F)(F)F)N1CCC(O)CC1. The number of hydrogen-bond donors (Lipinski definition) is 1. The van der Waals surface area contributed by atoms with E-state index in [1.165, 1.54) is 0 Å². The Kier molecular flexibility index (Phi) is 5.13. The average molecular weight is 407 g/mol. The van der Waals surface area contributed by atoms with E-state index >= 15 is 0 Å². The van der Waals surface area contributed by atoms with Crippen LogP contribution in [0.25, 0.3) is 5.69 Å². The zero-order chi connectivity index (χ0) is 20.7. The topological polar surface area (TPSA) is 58.4 Å². The van der Waals surface area contributed by atoms with Crippen molar-refractivity contribution in [3.05, 3.63) is 47.3 Å². The summed E-state index contributed by atoms with van der Waals surface area (Å²) in [5.74, 6) is -0.933. The van der Waals surface area contributed by atoms with Gasteiger partial charge in [0.2, 0.25) is 0 Å². The van der Waals surface area contributed by atoms with E-state index in [2.05, 4.69) is 5.10 Å². The molecule has 11 heteroatoms. The highest BCUT2D eigenvalue weighted by atomic mass is 19.4. The first-order valence-corrected chi connectivity index (χ1v) is 8.28. The molecule has 0 aliphatic carbocycles. The number of likely N-dealkylation sites (tertiary alicyclic amines) is 1. The molecule has 0 radical (unpaired) electrons. The van der Waals surface area contributed by atoms with Gasteiger partial charge in [-0.1, -0.05) is 6.07 Å². The second-order valence-corrected chi connectivity index (χ2v) is 6.39. The van der Waals surface area contributed by atoms with Gasteiger partial charge in [-0.25, -0.2) is 4.68 Å². The molecule has 28 heavy (non-hydrogen) atoms. The van der Waals surface area contributed by atoms with E-state index in [9.17, 15) is 36.2 Å². The largest absolute Gasteiger partial charge is 0.434 e. The van der Waals surface area contributed by atoms with E-state index in [0.717, 1.165) is 23.1 Å². The summed E-state index contributed by atoms with van der Waals surface area (Å²) in [7, 11) is 0. The molecule has 0 unspecified atom stereocenters. The van der Waals surface area contributed by atoms with Crippen LogP contribution in [0.2, 0.25) is 0 Å². The van der Waals surface area contributed by atoms with Crippen molar-refractivity contribution >= 4 is 5.91 Å². The standard InChI is InChI=1S/C17H15F6N3O2/c18-16(19,20)10-2-1-3-11(8-10)26-14(17(21,22)23)13(9-24-26)15(28)25-6-4-12(27)5-7-25/h1-3,8-9,12,27H,4-7H2. The zero-order valence-electron chi connectivity index (χ0n) is 14.3. The van der Waals surface area contributed by atoms with E-state index in [4.69, 9.17) is 0 Å². The fraction of sp³-hybridized carbons (Fsp3) is 0.412. The van der Waals surface area contributed by atoms with Crippen LogP contribution in [0.1, 0.15) is 34.5 Å². The molecule has 2 aromatic rings. The van der Waals surface area contributed by atoms with Gasteiger partial charge in [0.1, 0.15) is 0 Å². The maximum Gasteiger partial charge on any atom is 0.434 e. The quantitative estimate of drug-likeness (QED) is 0.776. The van der Waals surface area contributed by atoms with Crippen molar-refractivity contribution in [3.63, 3.8) is 0 Å². The average Bonchev–Trinajstić information content (AvgIpc) is 3.07. The Hall–Kier alpha value is -2.56. The number of aromatic nitrogens is 2. The number of hydrogen-bond acceptors (Lipinski definition) is 3. The number of carbonyl (C=O) groups is 1. The summed E-state index contributed by atoms with van der Waals surface area (Å²) in [5, 5.41) is 13.0. The number of halogens is 6. The number of aliphatic hydroxyl groups excluding tert-OH is 1. The van der Waals surface area contributed by atoms with Crippen LogP contribution in [-0.2, 0) is 12.4 Å². The van der Waals surface area contributed by atoms with Gasteiger partial charge in [0.05, 0.1) is 29.1 Å². The Bertz CT molecular complexity index is 867. The number of amides is 1. The van der Waals surface area contributed by atoms with Crippen LogP contribution < -0.4 is 0 Å². The predicted octanol–water partition coefficient (Wildman–Crippen LogP) is 3.51. The molecule has 2 heterocycles. The lowest BCUT2D eigenvalue weighted by molar-refractivity contribution is -0.143. The van der Waals surface area contributed by atoms with Crippen molar-refractivity contribution in [2.75, 3.05) is 13.1 Å². The van der Waals surface area contributed by atoms with Crippen LogP contribution in [0.15, 0.2) is 30.5 Å². The first-order valence-electron chi connectivity index (χ1n) is 8.28. The highest BCUT2D eigenvalue weighted by molar-refractivity contribution is 5.95. The maximum absolute atomic E-state index is 13.7. The molecule has 1 aromatic heterocycles. The molecule has 152 valence electrons. The van der Waals surface area contributed by atoms with Crippen LogP contribution in [0.3, 0.4) is 0 Å². The maximum atomic E-state index is 13.7. The Morgan fingerprint density at radius 2 is 1.71 bits per heavy atom. The molecule has 1 N–H and O–H groups in total. The minimum atomic E-state index is -5.02. The van der Waals surface area contributed by atoms with Gasteiger partial charge in [-0.2, -0.15) is 31.4 Å². The fourth-order valence-electron chi connectivity index (χ4n) is 3.03. The van der Waals surface area contributed by atoms with Crippen molar-refractivity contribution in [2.24, 2.45) is 0 Å². The van der Waals surface area contributed by atoms with Crippen LogP contribution >= 0.6 is 0 Å². The van der Waals surface area contributed by atoms with Crippen molar-refractivity contribution in [1.82, 2.24) is 14.7 Å². The molecule has 3 rings (SSSR count). The van der Waals surface area contributed by atoms with Crippen molar-refractivity contribution in [2.45, 2.75) is 31.3 Å². The predicted molar refractivity (Wildman–Crippen MR) is 84.7 cm³/mol. The summed E-state index contributed by atoms with van der Waals surface area (Å²) >= 11 is 0. The summed E-state index contributed by atoms with van der Waals surface area (Å²) in [5.41, 5.74) is -3.79. The first-order chi connectivity index (χ1) is 13.0. The second-order valence-electron chi connectivity index (χ2n) is 6.39. The second kappa shape index (κ2) is 7.12.